The van der Waals surface area contributed by atoms with Gasteiger partial charge < -0.3 is 5.32 Å². The molecule has 0 fully saturated rings. The Hall–Kier alpha value is -1.64. The molecule has 2 rings (SSSR count). The van der Waals surface area contributed by atoms with Gasteiger partial charge in [-0.3, -0.25) is 9.59 Å². The SMILES string of the molecule is CC(CC(=O)c1ccc2c(c1)CCC(=O)N2)C(C)(C)C. The predicted octanol–water partition coefficient (Wildman–Crippen LogP) is 3.83. The van der Waals surface area contributed by atoms with E-state index in [1.54, 1.807) is 0 Å². The molecule has 1 aliphatic heterocycles. The summed E-state index contributed by atoms with van der Waals surface area (Å²) in [5.41, 5.74) is 2.81. The van der Waals surface area contributed by atoms with Crippen molar-refractivity contribution in [3.05, 3.63) is 29.3 Å². The summed E-state index contributed by atoms with van der Waals surface area (Å²) in [6, 6.07) is 5.61. The molecule has 0 saturated carbocycles. The summed E-state index contributed by atoms with van der Waals surface area (Å²) >= 11 is 0. The number of fused-ring (bicyclic) bond motifs is 1. The van der Waals surface area contributed by atoms with Crippen LogP contribution in [0.1, 0.15) is 56.5 Å². The molecule has 3 heteroatoms. The zero-order chi connectivity index (χ0) is 14.9. The van der Waals surface area contributed by atoms with E-state index < -0.39 is 0 Å². The number of nitrogens with one attached hydrogen (secondary N) is 1. The topological polar surface area (TPSA) is 46.2 Å². The molecule has 0 radical (unpaired) electrons. The van der Waals surface area contributed by atoms with Crippen LogP contribution in [0.25, 0.3) is 0 Å². The molecule has 3 nitrogen and oxygen atoms in total. The van der Waals surface area contributed by atoms with Crippen LogP contribution >= 0.6 is 0 Å². The molecule has 0 aliphatic carbocycles. The van der Waals surface area contributed by atoms with E-state index in [0.717, 1.165) is 23.2 Å². The lowest BCUT2D eigenvalue weighted by Gasteiger charge is -2.26. The third-order valence-corrected chi connectivity index (χ3v) is 4.29. The van der Waals surface area contributed by atoms with Gasteiger partial charge in [0.15, 0.2) is 5.78 Å². The largest absolute Gasteiger partial charge is 0.326 e. The Balaban J connectivity index is 2.14. The lowest BCUT2D eigenvalue weighted by molar-refractivity contribution is -0.116. The van der Waals surface area contributed by atoms with Crippen molar-refractivity contribution in [3.63, 3.8) is 0 Å². The maximum atomic E-state index is 12.4. The fraction of sp³-hybridized carbons (Fsp3) is 0.529. The minimum absolute atomic E-state index is 0.0536. The molecular weight excluding hydrogens is 250 g/mol. The van der Waals surface area contributed by atoms with Gasteiger partial charge >= 0.3 is 0 Å². The molecule has 1 aromatic rings. The molecular formula is C17H23NO2. The lowest BCUT2D eigenvalue weighted by Crippen LogP contribution is -2.21. The number of ketones is 1. The van der Waals surface area contributed by atoms with Crippen molar-refractivity contribution in [2.75, 3.05) is 5.32 Å². The summed E-state index contributed by atoms with van der Waals surface area (Å²) in [5.74, 6) is 0.579. The molecule has 0 aromatic heterocycles. The zero-order valence-electron chi connectivity index (χ0n) is 12.7. The van der Waals surface area contributed by atoms with Gasteiger partial charge in [-0.1, -0.05) is 27.7 Å². The van der Waals surface area contributed by atoms with Crippen LogP contribution in [0.2, 0.25) is 0 Å². The van der Waals surface area contributed by atoms with Gasteiger partial charge in [0.2, 0.25) is 5.91 Å². The number of Topliss-reactive ketones (excluding diaryl/α,β-unsaturated/α-hetero) is 1. The Bertz CT molecular complexity index is 540. The highest BCUT2D eigenvalue weighted by molar-refractivity contribution is 5.99. The minimum Gasteiger partial charge on any atom is -0.326 e. The normalized spacial score (nSPS) is 16.3. The quantitative estimate of drug-likeness (QED) is 0.851. The van der Waals surface area contributed by atoms with Crippen molar-refractivity contribution in [2.24, 2.45) is 11.3 Å². The van der Waals surface area contributed by atoms with Gasteiger partial charge in [-0.15, -0.1) is 0 Å². The van der Waals surface area contributed by atoms with Gasteiger partial charge in [0, 0.05) is 24.1 Å². The molecule has 1 unspecified atom stereocenters. The van der Waals surface area contributed by atoms with Crippen molar-refractivity contribution in [2.45, 2.75) is 47.0 Å². The number of hydrogen-bond acceptors (Lipinski definition) is 2. The summed E-state index contributed by atoms with van der Waals surface area (Å²) < 4.78 is 0. The van der Waals surface area contributed by atoms with Gasteiger partial charge in [-0.05, 0) is 41.5 Å². The van der Waals surface area contributed by atoms with E-state index in [9.17, 15) is 9.59 Å². The first-order chi connectivity index (χ1) is 9.27. The maximum absolute atomic E-state index is 12.4. The highest BCUT2D eigenvalue weighted by atomic mass is 16.1. The first-order valence-corrected chi connectivity index (χ1v) is 7.23. The number of benzene rings is 1. The smallest absolute Gasteiger partial charge is 0.224 e. The standard InChI is InChI=1S/C17H23NO2/c1-11(17(2,3)4)9-15(19)13-5-7-14-12(10-13)6-8-16(20)18-14/h5,7,10-11H,6,8-9H2,1-4H3,(H,18,20). The molecule has 1 amide bonds. The first-order valence-electron chi connectivity index (χ1n) is 7.23. The maximum Gasteiger partial charge on any atom is 0.224 e. The summed E-state index contributed by atoms with van der Waals surface area (Å²) in [6.45, 7) is 8.60. The number of hydrogen-bond donors (Lipinski definition) is 1. The van der Waals surface area contributed by atoms with Crippen molar-refractivity contribution in [1.29, 1.82) is 0 Å². The summed E-state index contributed by atoms with van der Waals surface area (Å²) in [7, 11) is 0. The zero-order valence-corrected chi connectivity index (χ0v) is 12.7. The van der Waals surface area contributed by atoms with Crippen LogP contribution in [-0.4, -0.2) is 11.7 Å². The molecule has 20 heavy (non-hydrogen) atoms. The van der Waals surface area contributed by atoms with E-state index in [1.165, 1.54) is 0 Å². The minimum atomic E-state index is 0.0536. The Morgan fingerprint density at radius 2 is 2.00 bits per heavy atom. The summed E-state index contributed by atoms with van der Waals surface area (Å²) in [6.07, 6.45) is 1.79. The summed E-state index contributed by atoms with van der Waals surface area (Å²) in [5, 5.41) is 2.84. The Kier molecular flexibility index (Phi) is 3.98. The average molecular weight is 273 g/mol. The molecule has 1 heterocycles. The van der Waals surface area contributed by atoms with Crippen molar-refractivity contribution < 1.29 is 9.59 Å². The van der Waals surface area contributed by atoms with E-state index in [4.69, 9.17) is 0 Å². The van der Waals surface area contributed by atoms with Crippen LogP contribution in [0.15, 0.2) is 18.2 Å². The van der Waals surface area contributed by atoms with Gasteiger partial charge in [-0.2, -0.15) is 0 Å². The predicted molar refractivity (Wildman–Crippen MR) is 81.0 cm³/mol. The average Bonchev–Trinajstić information content (AvgIpc) is 2.36. The lowest BCUT2D eigenvalue weighted by atomic mass is 9.78. The molecule has 1 atom stereocenters. The molecule has 0 saturated heterocycles. The number of anilines is 1. The second-order valence-electron chi connectivity index (χ2n) is 6.81. The van der Waals surface area contributed by atoms with E-state index in [2.05, 4.69) is 33.0 Å². The number of rotatable bonds is 3. The molecule has 108 valence electrons. The second-order valence-corrected chi connectivity index (χ2v) is 6.81. The van der Waals surface area contributed by atoms with Crippen LogP contribution in [0.3, 0.4) is 0 Å². The van der Waals surface area contributed by atoms with Gasteiger partial charge in [0.05, 0.1) is 0 Å². The van der Waals surface area contributed by atoms with Gasteiger partial charge in [0.25, 0.3) is 0 Å². The molecule has 1 N–H and O–H groups in total. The Morgan fingerprint density at radius 1 is 1.30 bits per heavy atom. The van der Waals surface area contributed by atoms with Gasteiger partial charge in [-0.25, -0.2) is 0 Å². The van der Waals surface area contributed by atoms with E-state index >= 15 is 0 Å². The third-order valence-electron chi connectivity index (χ3n) is 4.29. The first kappa shape index (κ1) is 14.8. The van der Waals surface area contributed by atoms with Crippen LogP contribution in [0.5, 0.6) is 0 Å². The van der Waals surface area contributed by atoms with Crippen LogP contribution in [0, 0.1) is 11.3 Å². The molecule has 1 aromatic carbocycles. The second kappa shape index (κ2) is 5.39. The third kappa shape index (κ3) is 3.27. The van der Waals surface area contributed by atoms with Crippen molar-refractivity contribution >= 4 is 17.4 Å². The number of amides is 1. The highest BCUT2D eigenvalue weighted by Gasteiger charge is 2.24. The van der Waals surface area contributed by atoms with Gasteiger partial charge in [0.1, 0.15) is 0 Å². The van der Waals surface area contributed by atoms with E-state index in [-0.39, 0.29) is 17.1 Å². The number of carbonyl (C=O) groups excluding carboxylic acids is 2. The molecule has 0 bridgehead atoms. The van der Waals surface area contributed by atoms with Crippen LogP contribution in [-0.2, 0) is 11.2 Å². The summed E-state index contributed by atoms with van der Waals surface area (Å²) in [4.78, 5) is 23.7. The highest BCUT2D eigenvalue weighted by Crippen LogP contribution is 2.30. The van der Waals surface area contributed by atoms with Crippen LogP contribution < -0.4 is 5.32 Å². The fourth-order valence-corrected chi connectivity index (χ4v) is 2.26. The van der Waals surface area contributed by atoms with E-state index in [1.807, 2.05) is 18.2 Å². The number of aryl methyl sites for hydroxylation is 1. The van der Waals surface area contributed by atoms with Crippen LogP contribution in [0.4, 0.5) is 5.69 Å². The fourth-order valence-electron chi connectivity index (χ4n) is 2.26. The molecule has 0 spiro atoms. The van der Waals surface area contributed by atoms with E-state index in [0.29, 0.717) is 18.8 Å². The number of carbonyl (C=O) groups is 2. The van der Waals surface area contributed by atoms with Crippen molar-refractivity contribution in [1.82, 2.24) is 0 Å². The Labute approximate surface area is 120 Å². The molecule has 1 aliphatic rings. The Morgan fingerprint density at radius 3 is 2.65 bits per heavy atom. The monoisotopic (exact) mass is 273 g/mol. The van der Waals surface area contributed by atoms with Crippen molar-refractivity contribution in [3.8, 4) is 0 Å².